The maximum atomic E-state index is 12.7. The van der Waals surface area contributed by atoms with Gasteiger partial charge < -0.3 is 19.3 Å². The van der Waals surface area contributed by atoms with Crippen molar-refractivity contribution in [2.24, 2.45) is 0 Å². The minimum absolute atomic E-state index is 0.0178. The molecule has 0 saturated carbocycles. The molecule has 27 heavy (non-hydrogen) atoms. The van der Waals surface area contributed by atoms with Gasteiger partial charge in [0.1, 0.15) is 22.8 Å². The van der Waals surface area contributed by atoms with Crippen molar-refractivity contribution in [2.45, 2.75) is 98.0 Å². The summed E-state index contributed by atoms with van der Waals surface area (Å²) in [5, 5.41) is 9.16. The molecular formula is C19H35NO7. The number of esters is 1. The summed E-state index contributed by atoms with van der Waals surface area (Å²) < 4.78 is 15.9. The Kier molecular flexibility index (Phi) is 8.76. The lowest BCUT2D eigenvalue weighted by atomic mass is 10.1. The summed E-state index contributed by atoms with van der Waals surface area (Å²) in [7, 11) is 0. The zero-order valence-electron chi connectivity index (χ0n) is 18.0. The first kappa shape index (κ1) is 25.2. The minimum Gasteiger partial charge on any atom is -0.458 e. The van der Waals surface area contributed by atoms with E-state index in [1.54, 1.807) is 62.3 Å². The topological polar surface area (TPSA) is 102 Å². The van der Waals surface area contributed by atoms with E-state index in [0.29, 0.717) is 4.90 Å². The van der Waals surface area contributed by atoms with Crippen LogP contribution < -0.4 is 0 Å². The molecule has 2 amide bonds. The number of hydrogen-bond donors (Lipinski definition) is 1. The van der Waals surface area contributed by atoms with Crippen molar-refractivity contribution in [1.29, 1.82) is 0 Å². The molecular weight excluding hydrogens is 354 g/mol. The van der Waals surface area contributed by atoms with E-state index in [1.807, 2.05) is 0 Å². The molecule has 0 rings (SSSR count). The second-order valence-corrected chi connectivity index (χ2v) is 9.25. The standard InChI is InChI=1S/C19H35NO7/c1-17(2,3)25-14(22)13(11-10-12-21)20(15(23)26-18(4,5)6)16(24)27-19(7,8)9/h13,21H,10-12H2,1-9H3/t13-/m0/s1. The monoisotopic (exact) mass is 389 g/mol. The molecule has 0 aliphatic carbocycles. The summed E-state index contributed by atoms with van der Waals surface area (Å²) in [4.78, 5) is 38.7. The zero-order chi connectivity index (χ0) is 21.6. The largest absolute Gasteiger partial charge is 0.458 e. The second kappa shape index (κ2) is 9.39. The highest BCUT2D eigenvalue weighted by Crippen LogP contribution is 2.21. The first-order valence-corrected chi connectivity index (χ1v) is 9.06. The van der Waals surface area contributed by atoms with Gasteiger partial charge >= 0.3 is 18.2 Å². The average Bonchev–Trinajstić information content (AvgIpc) is 2.36. The van der Waals surface area contributed by atoms with Gasteiger partial charge in [0.2, 0.25) is 0 Å². The smallest absolute Gasteiger partial charge is 0.420 e. The molecule has 0 aromatic heterocycles. The van der Waals surface area contributed by atoms with Gasteiger partial charge in [-0.3, -0.25) is 0 Å². The number of amides is 2. The van der Waals surface area contributed by atoms with Crippen LogP contribution in [0.1, 0.15) is 75.2 Å². The number of hydrogen-bond acceptors (Lipinski definition) is 7. The van der Waals surface area contributed by atoms with Gasteiger partial charge in [-0.2, -0.15) is 4.90 Å². The van der Waals surface area contributed by atoms with Crippen molar-refractivity contribution in [1.82, 2.24) is 4.90 Å². The third kappa shape index (κ3) is 10.8. The third-order valence-corrected chi connectivity index (χ3v) is 2.81. The van der Waals surface area contributed by atoms with Gasteiger partial charge in [0.25, 0.3) is 0 Å². The molecule has 1 atom stereocenters. The number of carbonyl (C=O) groups excluding carboxylic acids is 3. The normalized spacial score (nSPS) is 13.6. The molecule has 0 aromatic rings. The van der Waals surface area contributed by atoms with Crippen molar-refractivity contribution >= 4 is 18.2 Å². The van der Waals surface area contributed by atoms with E-state index < -0.39 is 41.0 Å². The molecule has 0 unspecified atom stereocenters. The van der Waals surface area contributed by atoms with Crippen LogP contribution in [-0.4, -0.2) is 57.6 Å². The molecule has 158 valence electrons. The van der Waals surface area contributed by atoms with Crippen LogP contribution in [0.5, 0.6) is 0 Å². The Morgan fingerprint density at radius 3 is 1.44 bits per heavy atom. The highest BCUT2D eigenvalue weighted by molar-refractivity contribution is 5.94. The van der Waals surface area contributed by atoms with Crippen molar-refractivity contribution in [3.05, 3.63) is 0 Å². The minimum atomic E-state index is -1.28. The predicted molar refractivity (Wildman–Crippen MR) is 100 cm³/mol. The van der Waals surface area contributed by atoms with E-state index in [4.69, 9.17) is 19.3 Å². The number of imide groups is 1. The van der Waals surface area contributed by atoms with Crippen molar-refractivity contribution in [2.75, 3.05) is 6.61 Å². The average molecular weight is 389 g/mol. The van der Waals surface area contributed by atoms with Gasteiger partial charge in [-0.05, 0) is 75.2 Å². The fourth-order valence-corrected chi connectivity index (χ4v) is 1.96. The lowest BCUT2D eigenvalue weighted by Gasteiger charge is -2.33. The van der Waals surface area contributed by atoms with Crippen LogP contribution in [0.25, 0.3) is 0 Å². The summed E-state index contributed by atoms with van der Waals surface area (Å²) in [6, 6.07) is -1.28. The van der Waals surface area contributed by atoms with Crippen LogP contribution in [0.15, 0.2) is 0 Å². The van der Waals surface area contributed by atoms with Gasteiger partial charge in [0, 0.05) is 6.61 Å². The van der Waals surface area contributed by atoms with Crippen LogP contribution in [0.2, 0.25) is 0 Å². The van der Waals surface area contributed by atoms with Gasteiger partial charge in [-0.15, -0.1) is 0 Å². The van der Waals surface area contributed by atoms with E-state index in [9.17, 15) is 14.4 Å². The van der Waals surface area contributed by atoms with Crippen LogP contribution >= 0.6 is 0 Å². The van der Waals surface area contributed by atoms with Gasteiger partial charge in [0.05, 0.1) is 0 Å². The van der Waals surface area contributed by atoms with Crippen LogP contribution in [0, 0.1) is 0 Å². The van der Waals surface area contributed by atoms with E-state index in [1.165, 1.54) is 0 Å². The molecule has 0 aromatic carbocycles. The van der Waals surface area contributed by atoms with Gasteiger partial charge in [-0.1, -0.05) is 0 Å². The fourth-order valence-electron chi connectivity index (χ4n) is 1.96. The highest BCUT2D eigenvalue weighted by atomic mass is 16.6. The Morgan fingerprint density at radius 2 is 1.15 bits per heavy atom. The van der Waals surface area contributed by atoms with Crippen LogP contribution in [-0.2, 0) is 19.0 Å². The van der Waals surface area contributed by atoms with E-state index >= 15 is 0 Å². The molecule has 8 nitrogen and oxygen atoms in total. The molecule has 0 aliphatic heterocycles. The maximum Gasteiger partial charge on any atom is 0.420 e. The van der Waals surface area contributed by atoms with E-state index in [2.05, 4.69) is 0 Å². The number of aliphatic hydroxyl groups is 1. The first-order chi connectivity index (χ1) is 12.0. The Morgan fingerprint density at radius 1 is 0.778 bits per heavy atom. The summed E-state index contributed by atoms with van der Waals surface area (Å²) in [5.41, 5.74) is -2.58. The molecule has 0 fully saturated rings. The highest BCUT2D eigenvalue weighted by Gasteiger charge is 2.41. The van der Waals surface area contributed by atoms with Crippen LogP contribution in [0.4, 0.5) is 9.59 Å². The van der Waals surface area contributed by atoms with Crippen molar-refractivity contribution in [3.8, 4) is 0 Å². The third-order valence-electron chi connectivity index (χ3n) is 2.81. The molecule has 0 saturated heterocycles. The van der Waals surface area contributed by atoms with Crippen molar-refractivity contribution < 1.29 is 33.7 Å². The number of ether oxygens (including phenoxy) is 3. The molecule has 1 N–H and O–H groups in total. The summed E-state index contributed by atoms with van der Waals surface area (Å²) in [6.45, 7) is 14.7. The molecule has 0 heterocycles. The van der Waals surface area contributed by atoms with E-state index in [0.717, 1.165) is 0 Å². The summed E-state index contributed by atoms with van der Waals surface area (Å²) >= 11 is 0. The summed E-state index contributed by atoms with van der Waals surface area (Å²) in [6.07, 6.45) is -1.81. The predicted octanol–water partition coefficient (Wildman–Crippen LogP) is 3.64. The fraction of sp³-hybridized carbons (Fsp3) is 0.842. The molecule has 0 spiro atoms. The number of carbonyl (C=O) groups is 3. The van der Waals surface area contributed by atoms with Gasteiger partial charge in [0.15, 0.2) is 0 Å². The number of nitrogens with zero attached hydrogens (tertiary/aromatic N) is 1. The molecule has 0 radical (unpaired) electrons. The Labute approximate surface area is 162 Å². The quantitative estimate of drug-likeness (QED) is 0.565. The SMILES string of the molecule is CC(C)(C)OC(=O)[C@H](CCCO)N(C(=O)OC(C)(C)C)C(=O)OC(C)(C)C. The maximum absolute atomic E-state index is 12.7. The Balaban J connectivity index is 5.90. The molecule has 8 heteroatoms. The van der Waals surface area contributed by atoms with Crippen molar-refractivity contribution in [3.63, 3.8) is 0 Å². The molecule has 0 aliphatic rings. The Hall–Kier alpha value is -1.83. The second-order valence-electron chi connectivity index (χ2n) is 9.25. The first-order valence-electron chi connectivity index (χ1n) is 9.06. The lowest BCUT2D eigenvalue weighted by Crippen LogP contribution is -2.53. The molecule has 0 bridgehead atoms. The number of aliphatic hydroxyl groups excluding tert-OH is 1. The van der Waals surface area contributed by atoms with Gasteiger partial charge in [-0.25, -0.2) is 14.4 Å². The number of rotatable bonds is 5. The summed E-state index contributed by atoms with van der Waals surface area (Å²) in [5.74, 6) is -0.771. The van der Waals surface area contributed by atoms with E-state index in [-0.39, 0.29) is 19.4 Å². The Bertz CT molecular complexity index is 496. The van der Waals surface area contributed by atoms with Crippen LogP contribution in [0.3, 0.4) is 0 Å². The lowest BCUT2D eigenvalue weighted by molar-refractivity contribution is -0.161. The zero-order valence-corrected chi connectivity index (χ0v) is 18.0.